The molecular formula is C9H17N3O4. The van der Waals surface area contributed by atoms with Crippen molar-refractivity contribution in [3.63, 3.8) is 0 Å². The normalized spacial score (nSPS) is 18.7. The average molecular weight is 231 g/mol. The van der Waals surface area contributed by atoms with E-state index in [4.69, 9.17) is 10.2 Å². The van der Waals surface area contributed by atoms with Crippen molar-refractivity contribution in [1.29, 1.82) is 0 Å². The van der Waals surface area contributed by atoms with E-state index in [1.165, 1.54) is 0 Å². The number of aliphatic carboxylic acids is 1. The number of aliphatic hydroxyl groups is 1. The van der Waals surface area contributed by atoms with E-state index < -0.39 is 12.1 Å². The number of aliphatic hydroxyl groups excluding tert-OH is 1. The van der Waals surface area contributed by atoms with Crippen LogP contribution in [0.2, 0.25) is 0 Å². The number of urea groups is 1. The molecule has 1 unspecified atom stereocenters. The van der Waals surface area contributed by atoms with E-state index in [9.17, 15) is 9.59 Å². The quantitative estimate of drug-likeness (QED) is 0.470. The summed E-state index contributed by atoms with van der Waals surface area (Å²) in [4.78, 5) is 23.5. The number of carboxylic acids is 1. The first-order valence-corrected chi connectivity index (χ1v) is 5.25. The van der Waals surface area contributed by atoms with Gasteiger partial charge in [0.05, 0.1) is 6.54 Å². The van der Waals surface area contributed by atoms with Gasteiger partial charge in [-0.05, 0) is 13.0 Å². The molecule has 1 atom stereocenters. The maximum Gasteiger partial charge on any atom is 0.334 e. The molecule has 0 bridgehead atoms. The average Bonchev–Trinajstić information content (AvgIpc) is 2.53. The molecule has 1 heterocycles. The number of rotatable bonds is 3. The smallest absolute Gasteiger partial charge is 0.334 e. The Balaban J connectivity index is 2.30. The lowest BCUT2D eigenvalue weighted by Gasteiger charge is -2.20. The molecule has 16 heavy (non-hydrogen) atoms. The second-order valence-corrected chi connectivity index (χ2v) is 3.63. The second-order valence-electron chi connectivity index (χ2n) is 3.63. The van der Waals surface area contributed by atoms with E-state index in [2.05, 4.69) is 10.6 Å². The van der Waals surface area contributed by atoms with Crippen LogP contribution in [-0.2, 0) is 4.79 Å². The Hall–Kier alpha value is -1.34. The summed E-state index contributed by atoms with van der Waals surface area (Å²) in [6.45, 7) is 2.57. The first-order valence-electron chi connectivity index (χ1n) is 5.25. The Labute approximate surface area is 93.4 Å². The number of carboxylic acid groups (broad SMARTS) is 1. The molecule has 1 rings (SSSR count). The van der Waals surface area contributed by atoms with Crippen LogP contribution in [0.5, 0.6) is 0 Å². The Morgan fingerprint density at radius 3 is 2.81 bits per heavy atom. The molecule has 1 fully saturated rings. The number of amides is 2. The lowest BCUT2D eigenvalue weighted by atomic mass is 10.3. The van der Waals surface area contributed by atoms with Gasteiger partial charge in [0.15, 0.2) is 6.10 Å². The summed E-state index contributed by atoms with van der Waals surface area (Å²) in [6, 6.07) is -0.330. The third-order valence-electron chi connectivity index (χ3n) is 2.36. The topological polar surface area (TPSA) is 102 Å². The summed E-state index contributed by atoms with van der Waals surface area (Å²) in [7, 11) is 0. The molecule has 0 radical (unpaired) electrons. The summed E-state index contributed by atoms with van der Waals surface area (Å²) in [6.07, 6.45) is -0.677. The standard InChI is InChI=1S/C9H17N3O4/c13-7(8(14)15)6-11-9(16)12-4-1-2-10-3-5-12/h7,10,13H,1-6H2,(H,11,16)(H,14,15). The fraction of sp³-hybridized carbons (Fsp3) is 0.778. The van der Waals surface area contributed by atoms with Crippen molar-refractivity contribution >= 4 is 12.0 Å². The van der Waals surface area contributed by atoms with Crippen LogP contribution in [0.25, 0.3) is 0 Å². The predicted molar refractivity (Wildman–Crippen MR) is 56.1 cm³/mol. The molecule has 0 aromatic heterocycles. The Bertz CT molecular complexity index is 251. The summed E-state index contributed by atoms with van der Waals surface area (Å²) in [5.41, 5.74) is 0. The lowest BCUT2D eigenvalue weighted by Crippen LogP contribution is -2.45. The van der Waals surface area contributed by atoms with Crippen LogP contribution in [0, 0.1) is 0 Å². The highest BCUT2D eigenvalue weighted by Crippen LogP contribution is 1.95. The van der Waals surface area contributed by atoms with Gasteiger partial charge >= 0.3 is 12.0 Å². The lowest BCUT2D eigenvalue weighted by molar-refractivity contribution is -0.146. The molecule has 2 amide bonds. The van der Waals surface area contributed by atoms with Crippen LogP contribution in [0.3, 0.4) is 0 Å². The van der Waals surface area contributed by atoms with Crippen LogP contribution in [-0.4, -0.2) is 65.9 Å². The molecule has 0 aliphatic carbocycles. The van der Waals surface area contributed by atoms with Crippen molar-refractivity contribution in [1.82, 2.24) is 15.5 Å². The van der Waals surface area contributed by atoms with E-state index in [0.29, 0.717) is 13.1 Å². The number of hydrogen-bond donors (Lipinski definition) is 4. The third kappa shape index (κ3) is 4.03. The molecule has 0 spiro atoms. The molecule has 7 heteroatoms. The molecule has 92 valence electrons. The maximum atomic E-state index is 11.6. The van der Waals surface area contributed by atoms with Crippen molar-refractivity contribution in [3.8, 4) is 0 Å². The van der Waals surface area contributed by atoms with E-state index in [-0.39, 0.29) is 12.6 Å². The molecule has 1 aliphatic heterocycles. The molecule has 4 N–H and O–H groups in total. The minimum atomic E-state index is -1.55. The van der Waals surface area contributed by atoms with Crippen LogP contribution < -0.4 is 10.6 Å². The van der Waals surface area contributed by atoms with Gasteiger partial charge in [0.25, 0.3) is 0 Å². The van der Waals surface area contributed by atoms with Crippen molar-refractivity contribution in [2.45, 2.75) is 12.5 Å². The number of hydrogen-bond acceptors (Lipinski definition) is 4. The highest BCUT2D eigenvalue weighted by atomic mass is 16.4. The SMILES string of the molecule is O=C(O)C(O)CNC(=O)N1CCCNCC1. The van der Waals surface area contributed by atoms with Gasteiger partial charge in [-0.1, -0.05) is 0 Å². The zero-order valence-electron chi connectivity index (χ0n) is 8.98. The molecule has 1 aliphatic rings. The third-order valence-corrected chi connectivity index (χ3v) is 2.36. The summed E-state index contributed by atoms with van der Waals surface area (Å²) >= 11 is 0. The van der Waals surface area contributed by atoms with Gasteiger partial charge in [-0.3, -0.25) is 0 Å². The van der Waals surface area contributed by atoms with Gasteiger partial charge in [-0.15, -0.1) is 0 Å². The molecule has 7 nitrogen and oxygen atoms in total. The summed E-state index contributed by atoms with van der Waals surface area (Å²) in [5, 5.41) is 22.9. The number of carbonyl (C=O) groups is 2. The summed E-state index contributed by atoms with van der Waals surface area (Å²) in [5.74, 6) is -1.34. The molecule has 1 saturated heterocycles. The number of carbonyl (C=O) groups excluding carboxylic acids is 1. The van der Waals surface area contributed by atoms with Gasteiger partial charge in [-0.25, -0.2) is 9.59 Å². The predicted octanol–water partition coefficient (Wildman–Crippen LogP) is -1.56. The first kappa shape index (κ1) is 12.7. The van der Waals surface area contributed by atoms with Gasteiger partial charge < -0.3 is 25.7 Å². The molecule has 0 aromatic carbocycles. The van der Waals surface area contributed by atoms with Crippen LogP contribution in [0.1, 0.15) is 6.42 Å². The monoisotopic (exact) mass is 231 g/mol. The minimum absolute atomic E-state index is 0.266. The van der Waals surface area contributed by atoms with E-state index in [0.717, 1.165) is 19.5 Å². The highest BCUT2D eigenvalue weighted by Gasteiger charge is 2.18. The Kier molecular flexibility index (Phi) is 5.00. The van der Waals surface area contributed by atoms with E-state index >= 15 is 0 Å². The number of nitrogens with one attached hydrogen (secondary N) is 2. The van der Waals surface area contributed by atoms with E-state index in [1.54, 1.807) is 4.90 Å². The zero-order valence-corrected chi connectivity index (χ0v) is 8.98. The highest BCUT2D eigenvalue weighted by molar-refractivity contribution is 5.76. The Morgan fingerprint density at radius 1 is 1.38 bits per heavy atom. The maximum absolute atomic E-state index is 11.6. The van der Waals surface area contributed by atoms with Gasteiger partial charge in [0.1, 0.15) is 0 Å². The van der Waals surface area contributed by atoms with Crippen LogP contribution in [0.4, 0.5) is 4.79 Å². The second kappa shape index (κ2) is 6.29. The molecular weight excluding hydrogens is 214 g/mol. The zero-order chi connectivity index (χ0) is 12.0. The fourth-order valence-corrected chi connectivity index (χ4v) is 1.43. The van der Waals surface area contributed by atoms with Gasteiger partial charge in [-0.2, -0.15) is 0 Å². The van der Waals surface area contributed by atoms with Crippen LogP contribution in [0.15, 0.2) is 0 Å². The van der Waals surface area contributed by atoms with Crippen molar-refractivity contribution in [2.24, 2.45) is 0 Å². The molecule has 0 aromatic rings. The fourth-order valence-electron chi connectivity index (χ4n) is 1.43. The minimum Gasteiger partial charge on any atom is -0.479 e. The van der Waals surface area contributed by atoms with Crippen molar-refractivity contribution in [3.05, 3.63) is 0 Å². The van der Waals surface area contributed by atoms with E-state index in [1.807, 2.05) is 0 Å². The molecule has 0 saturated carbocycles. The van der Waals surface area contributed by atoms with Gasteiger partial charge in [0.2, 0.25) is 0 Å². The summed E-state index contributed by atoms with van der Waals surface area (Å²) < 4.78 is 0. The number of nitrogens with zero attached hydrogens (tertiary/aromatic N) is 1. The largest absolute Gasteiger partial charge is 0.479 e. The first-order chi connectivity index (χ1) is 7.61. The van der Waals surface area contributed by atoms with Crippen molar-refractivity contribution in [2.75, 3.05) is 32.7 Å². The Morgan fingerprint density at radius 2 is 2.12 bits per heavy atom. The van der Waals surface area contributed by atoms with Crippen molar-refractivity contribution < 1.29 is 19.8 Å². The van der Waals surface area contributed by atoms with Gasteiger partial charge in [0, 0.05) is 19.6 Å². The van der Waals surface area contributed by atoms with Crippen LogP contribution >= 0.6 is 0 Å².